The van der Waals surface area contributed by atoms with Gasteiger partial charge in [-0.25, -0.2) is 8.42 Å². The Morgan fingerprint density at radius 2 is 1.67 bits per heavy atom. The van der Waals surface area contributed by atoms with E-state index in [1.165, 1.54) is 12.8 Å². The van der Waals surface area contributed by atoms with E-state index in [9.17, 15) is 8.42 Å². The third-order valence-electron chi connectivity index (χ3n) is 3.98. The van der Waals surface area contributed by atoms with Crippen molar-refractivity contribution in [2.75, 3.05) is 0 Å². The van der Waals surface area contributed by atoms with E-state index in [0.717, 1.165) is 25.2 Å². The Morgan fingerprint density at radius 3 is 2.00 bits per heavy atom. The normalized spacial score (nSPS) is 51.1. The smallest absolute Gasteiger partial charge is 0.212 e. The predicted molar refractivity (Wildman–Crippen MR) is 46.5 cm³/mol. The summed E-state index contributed by atoms with van der Waals surface area (Å²) in [5.41, 5.74) is 0.432. The van der Waals surface area contributed by atoms with Crippen LogP contribution < -0.4 is 0 Å². The molecule has 4 aliphatic carbocycles. The van der Waals surface area contributed by atoms with Crippen molar-refractivity contribution in [3.63, 3.8) is 0 Å². The van der Waals surface area contributed by atoms with E-state index in [4.69, 9.17) is 10.7 Å². The molecule has 68 valence electrons. The lowest BCUT2D eigenvalue weighted by Gasteiger charge is -2.69. The largest absolute Gasteiger partial charge is 0.238 e. The van der Waals surface area contributed by atoms with E-state index in [2.05, 4.69) is 0 Å². The van der Waals surface area contributed by atoms with Crippen LogP contribution in [0.1, 0.15) is 32.1 Å². The number of hydrogen-bond acceptors (Lipinski definition) is 2. The Balaban J connectivity index is 1.83. The molecule has 0 unspecified atom stereocenters. The van der Waals surface area contributed by atoms with Crippen LogP contribution in [0, 0.1) is 11.3 Å². The van der Waals surface area contributed by atoms with Gasteiger partial charge in [0, 0.05) is 10.7 Å². The molecule has 0 aromatic rings. The second-order valence-electron chi connectivity index (χ2n) is 4.79. The van der Waals surface area contributed by atoms with Crippen LogP contribution >= 0.6 is 10.7 Å². The minimum atomic E-state index is -3.27. The molecular weight excluding hydrogens is 196 g/mol. The minimum absolute atomic E-state index is 0.432. The fourth-order valence-electron chi connectivity index (χ4n) is 3.16. The van der Waals surface area contributed by atoms with E-state index in [1.807, 2.05) is 0 Å². The molecule has 0 heterocycles. The minimum Gasteiger partial charge on any atom is -0.212 e. The maximum absolute atomic E-state index is 11.1. The fraction of sp³-hybridized carbons (Fsp3) is 1.00. The molecule has 0 aromatic heterocycles. The van der Waals surface area contributed by atoms with Crippen molar-refractivity contribution in [3.05, 3.63) is 0 Å². The molecule has 0 spiro atoms. The summed E-state index contributed by atoms with van der Waals surface area (Å²) < 4.78 is 21.8. The van der Waals surface area contributed by atoms with Crippen LogP contribution in [0.15, 0.2) is 0 Å². The second-order valence-corrected chi connectivity index (χ2v) is 7.75. The third-order valence-corrected chi connectivity index (χ3v) is 6.43. The van der Waals surface area contributed by atoms with Gasteiger partial charge in [0.2, 0.25) is 9.05 Å². The second kappa shape index (κ2) is 1.71. The molecule has 4 fully saturated rings. The van der Waals surface area contributed by atoms with E-state index in [1.54, 1.807) is 0 Å². The summed E-state index contributed by atoms with van der Waals surface area (Å²) in [6.07, 6.45) is 5.21. The molecule has 4 saturated carbocycles. The number of rotatable bonds is 2. The molecule has 0 atom stereocenters. The molecule has 0 N–H and O–H groups in total. The fourth-order valence-corrected chi connectivity index (χ4v) is 5.03. The number of hydrogen-bond donors (Lipinski definition) is 0. The quantitative estimate of drug-likeness (QED) is 0.647. The molecule has 2 bridgehead atoms. The van der Waals surface area contributed by atoms with Crippen LogP contribution in [0.25, 0.3) is 0 Å². The lowest BCUT2D eigenvalue weighted by atomic mass is 9.41. The topological polar surface area (TPSA) is 34.1 Å². The number of halogens is 1. The Labute approximate surface area is 76.7 Å². The third kappa shape index (κ3) is 0.666. The van der Waals surface area contributed by atoms with Gasteiger partial charge in [-0.3, -0.25) is 0 Å². The van der Waals surface area contributed by atoms with Gasteiger partial charge in [-0.1, -0.05) is 0 Å². The zero-order chi connectivity index (χ0) is 8.61. The molecule has 0 radical (unpaired) electrons. The first-order valence-electron chi connectivity index (χ1n) is 4.42. The van der Waals surface area contributed by atoms with Crippen LogP contribution in [0.2, 0.25) is 0 Å². The van der Waals surface area contributed by atoms with E-state index in [0.29, 0.717) is 5.41 Å². The standard InChI is InChI=1S/C8H11ClO2S/c9-12(10,11)8-3-7(4-8,5-8)6-1-2-6/h6H,1-5H2. The van der Waals surface area contributed by atoms with Crippen molar-refractivity contribution in [1.82, 2.24) is 0 Å². The summed E-state index contributed by atoms with van der Waals surface area (Å²) in [6.45, 7) is 0. The van der Waals surface area contributed by atoms with Crippen molar-refractivity contribution in [1.29, 1.82) is 0 Å². The average molecular weight is 207 g/mol. The lowest BCUT2D eigenvalue weighted by Crippen LogP contribution is -2.70. The Morgan fingerprint density at radius 1 is 1.17 bits per heavy atom. The van der Waals surface area contributed by atoms with Crippen molar-refractivity contribution in [2.45, 2.75) is 36.9 Å². The summed E-state index contributed by atoms with van der Waals surface area (Å²) in [5.74, 6) is 0.845. The van der Waals surface area contributed by atoms with E-state index >= 15 is 0 Å². The highest BCUT2D eigenvalue weighted by Crippen LogP contribution is 2.78. The van der Waals surface area contributed by atoms with Crippen LogP contribution in [0.4, 0.5) is 0 Å². The van der Waals surface area contributed by atoms with Crippen LogP contribution in [0.3, 0.4) is 0 Å². The SMILES string of the molecule is O=S(=O)(Cl)C12CC(C3CC3)(C1)C2. The van der Waals surface area contributed by atoms with Crippen molar-refractivity contribution >= 4 is 19.7 Å². The average Bonchev–Trinajstić information content (AvgIpc) is 2.33. The van der Waals surface area contributed by atoms with Gasteiger partial charge >= 0.3 is 0 Å². The maximum atomic E-state index is 11.1. The Bertz CT molecular complexity index is 322. The first kappa shape index (κ1) is 7.63. The predicted octanol–water partition coefficient (Wildman–Crippen LogP) is 1.89. The summed E-state index contributed by atoms with van der Waals surface area (Å²) in [4.78, 5) is 0. The molecule has 4 rings (SSSR count). The monoisotopic (exact) mass is 206 g/mol. The van der Waals surface area contributed by atoms with Gasteiger partial charge in [0.05, 0.1) is 4.75 Å². The highest BCUT2D eigenvalue weighted by molar-refractivity contribution is 8.15. The van der Waals surface area contributed by atoms with Crippen molar-refractivity contribution < 1.29 is 8.42 Å². The van der Waals surface area contributed by atoms with E-state index in [-0.39, 0.29) is 0 Å². The summed E-state index contributed by atoms with van der Waals surface area (Å²) in [6, 6.07) is 0. The first-order valence-corrected chi connectivity index (χ1v) is 6.73. The summed E-state index contributed by atoms with van der Waals surface area (Å²) in [7, 11) is 2.10. The summed E-state index contributed by atoms with van der Waals surface area (Å²) in [5, 5.41) is 0. The van der Waals surface area contributed by atoms with Gasteiger partial charge in [-0.15, -0.1) is 0 Å². The zero-order valence-corrected chi connectivity index (χ0v) is 8.29. The first-order chi connectivity index (χ1) is 5.48. The van der Waals surface area contributed by atoms with Gasteiger partial charge in [0.15, 0.2) is 0 Å². The van der Waals surface area contributed by atoms with Gasteiger partial charge in [0.1, 0.15) is 0 Å². The lowest BCUT2D eigenvalue weighted by molar-refractivity contribution is -0.0987. The van der Waals surface area contributed by atoms with Crippen molar-refractivity contribution in [3.8, 4) is 0 Å². The molecule has 0 aliphatic heterocycles. The van der Waals surface area contributed by atoms with Crippen LogP contribution in [0.5, 0.6) is 0 Å². The highest BCUT2D eigenvalue weighted by Gasteiger charge is 2.76. The molecule has 0 amide bonds. The van der Waals surface area contributed by atoms with Crippen LogP contribution in [-0.2, 0) is 9.05 Å². The molecular formula is C8H11ClO2S. The molecule has 0 saturated heterocycles. The maximum Gasteiger partial charge on any atom is 0.238 e. The van der Waals surface area contributed by atoms with Crippen LogP contribution in [-0.4, -0.2) is 13.2 Å². The van der Waals surface area contributed by atoms with E-state index < -0.39 is 13.8 Å². The molecule has 4 aliphatic rings. The van der Waals surface area contributed by atoms with Gasteiger partial charge in [-0.2, -0.15) is 0 Å². The molecule has 0 aromatic carbocycles. The molecule has 12 heavy (non-hydrogen) atoms. The van der Waals surface area contributed by atoms with Crippen molar-refractivity contribution in [2.24, 2.45) is 11.3 Å². The Kier molecular flexibility index (Phi) is 1.09. The van der Waals surface area contributed by atoms with Gasteiger partial charge in [0.25, 0.3) is 0 Å². The Hall–Kier alpha value is 0.240. The summed E-state index contributed by atoms with van der Waals surface area (Å²) >= 11 is 0. The molecule has 4 heteroatoms. The highest BCUT2D eigenvalue weighted by atomic mass is 35.7. The van der Waals surface area contributed by atoms with Gasteiger partial charge < -0.3 is 0 Å². The molecule has 2 nitrogen and oxygen atoms in total. The van der Waals surface area contributed by atoms with Gasteiger partial charge in [-0.05, 0) is 43.4 Å². The zero-order valence-electron chi connectivity index (χ0n) is 6.72.